The molecular formula is C34H71BrO2. The lowest BCUT2D eigenvalue weighted by Crippen LogP contribution is -2.31. The van der Waals surface area contributed by atoms with E-state index in [2.05, 4.69) is 57.5 Å². The van der Waals surface area contributed by atoms with Gasteiger partial charge in [0.25, 0.3) is 0 Å². The maximum Gasteiger partial charge on any atom is 0.311 e. The Kier molecular flexibility index (Phi) is 38.0. The van der Waals surface area contributed by atoms with Gasteiger partial charge in [0.05, 0.1) is 5.41 Å². The van der Waals surface area contributed by atoms with E-state index in [-0.39, 0.29) is 17.5 Å². The quantitative estimate of drug-likeness (QED) is 0.0634. The molecule has 0 amide bonds. The first-order valence-electron chi connectivity index (χ1n) is 16.7. The molecule has 0 bridgehead atoms. The molecule has 0 aliphatic carbocycles. The predicted molar refractivity (Wildman–Crippen MR) is 173 cm³/mol. The van der Waals surface area contributed by atoms with E-state index in [0.29, 0.717) is 0 Å². The van der Waals surface area contributed by atoms with Gasteiger partial charge < -0.3 is 4.74 Å². The smallest absolute Gasteiger partial charge is 0.311 e. The van der Waals surface area contributed by atoms with Crippen LogP contribution in [0, 0.1) is 5.41 Å². The van der Waals surface area contributed by atoms with Crippen molar-refractivity contribution in [1.82, 2.24) is 0 Å². The summed E-state index contributed by atoms with van der Waals surface area (Å²) >= 11 is 3.49. The molecule has 0 radical (unpaired) electrons. The topological polar surface area (TPSA) is 26.3 Å². The summed E-state index contributed by atoms with van der Waals surface area (Å²) in [4.78, 5) is 12.9. The molecule has 0 saturated carbocycles. The Labute approximate surface area is 244 Å². The number of ether oxygens (including phenoxy) is 1. The normalized spacial score (nSPS) is 11.0. The summed E-state index contributed by atoms with van der Waals surface area (Å²) in [5.74, 6) is 0.0324. The highest BCUT2D eigenvalue weighted by Crippen LogP contribution is 2.28. The lowest BCUT2D eigenvalue weighted by Gasteiger charge is -2.27. The van der Waals surface area contributed by atoms with Gasteiger partial charge in [-0.1, -0.05) is 160 Å². The Bertz CT molecular complexity index is 404. The van der Waals surface area contributed by atoms with Crippen LogP contribution in [0.4, 0.5) is 0 Å². The minimum absolute atomic E-state index is 0.0324. The summed E-state index contributed by atoms with van der Waals surface area (Å²) in [5.41, 5.74) is -0.352. The minimum atomic E-state index is -0.352. The summed E-state index contributed by atoms with van der Waals surface area (Å²) in [6.07, 6.45) is 27.6. The fourth-order valence-electron chi connectivity index (χ4n) is 4.35. The highest BCUT2D eigenvalue weighted by molar-refractivity contribution is 9.09. The van der Waals surface area contributed by atoms with E-state index >= 15 is 0 Å². The lowest BCUT2D eigenvalue weighted by atomic mass is 9.86. The average molecular weight is 592 g/mol. The second-order valence-electron chi connectivity index (χ2n) is 11.2. The zero-order chi connectivity index (χ0) is 28.6. The summed E-state index contributed by atoms with van der Waals surface area (Å²) in [7, 11) is 0. The van der Waals surface area contributed by atoms with Crippen LogP contribution in [0.15, 0.2) is 0 Å². The van der Waals surface area contributed by atoms with Gasteiger partial charge in [0.2, 0.25) is 0 Å². The molecule has 0 aromatic rings. The van der Waals surface area contributed by atoms with Crippen LogP contribution in [0.25, 0.3) is 0 Å². The van der Waals surface area contributed by atoms with Crippen LogP contribution < -0.4 is 0 Å². The zero-order valence-corrected chi connectivity index (χ0v) is 28.6. The van der Waals surface area contributed by atoms with Crippen molar-refractivity contribution in [3.8, 4) is 0 Å². The van der Waals surface area contributed by atoms with Crippen molar-refractivity contribution in [2.75, 3.05) is 5.33 Å². The van der Waals surface area contributed by atoms with Gasteiger partial charge in [0.15, 0.2) is 0 Å². The maximum atomic E-state index is 12.9. The lowest BCUT2D eigenvalue weighted by molar-refractivity contribution is -0.161. The van der Waals surface area contributed by atoms with Gasteiger partial charge in [-0.2, -0.15) is 0 Å². The number of halogens is 1. The molecule has 0 atom stereocenters. The molecule has 0 aromatic heterocycles. The van der Waals surface area contributed by atoms with E-state index in [1.807, 2.05) is 13.8 Å². The number of rotatable bonds is 24. The van der Waals surface area contributed by atoms with Crippen molar-refractivity contribution in [1.29, 1.82) is 0 Å². The molecule has 0 rings (SSSR count). The Balaban J connectivity index is -0.00000146. The third kappa shape index (κ3) is 32.1. The molecule has 0 N–H and O–H groups in total. The Hall–Kier alpha value is -0.0500. The number of unbranched alkanes of at least 4 members (excludes halogenated alkanes) is 15. The van der Waals surface area contributed by atoms with Crippen LogP contribution in [0.3, 0.4) is 0 Å². The summed E-state index contributed by atoms with van der Waals surface area (Å²) in [6, 6.07) is 0. The van der Waals surface area contributed by atoms with E-state index in [4.69, 9.17) is 4.74 Å². The van der Waals surface area contributed by atoms with E-state index in [0.717, 1.165) is 31.0 Å². The molecule has 226 valence electrons. The van der Waals surface area contributed by atoms with Crippen LogP contribution in [-0.2, 0) is 9.53 Å². The first-order chi connectivity index (χ1) is 17.9. The van der Waals surface area contributed by atoms with Gasteiger partial charge in [-0.15, -0.1) is 0 Å². The van der Waals surface area contributed by atoms with E-state index in [1.165, 1.54) is 116 Å². The van der Waals surface area contributed by atoms with Crippen LogP contribution >= 0.6 is 15.9 Å². The zero-order valence-electron chi connectivity index (χ0n) is 27.0. The van der Waals surface area contributed by atoms with Gasteiger partial charge in [-0.3, -0.25) is 4.79 Å². The first-order valence-corrected chi connectivity index (χ1v) is 17.8. The molecule has 0 aromatic carbocycles. The molecule has 0 saturated heterocycles. The number of hydrogen-bond acceptors (Lipinski definition) is 2. The molecule has 0 aliphatic rings. The molecule has 0 spiro atoms. The molecule has 3 heteroatoms. The van der Waals surface area contributed by atoms with Crippen molar-refractivity contribution in [3.63, 3.8) is 0 Å². The van der Waals surface area contributed by atoms with E-state index in [9.17, 15) is 4.79 Å². The standard InChI is InChI=1S/C27H53BrO2.C5H12.C2H6/c1-5-7-9-11-13-17-21-25(22-18-14-12-10-8-6-2)30-26(29)27(3,4)23-19-15-16-20-24-28;1-3-5-4-2;1-2/h25H,5-24H2,1-4H3;3-5H2,1-2H3;1-2H3. The third-order valence-corrected chi connectivity index (χ3v) is 7.54. The molecule has 0 heterocycles. The molecular weight excluding hydrogens is 520 g/mol. The highest BCUT2D eigenvalue weighted by atomic mass is 79.9. The fourth-order valence-corrected chi connectivity index (χ4v) is 4.74. The summed E-state index contributed by atoms with van der Waals surface area (Å²) < 4.78 is 6.10. The van der Waals surface area contributed by atoms with Crippen molar-refractivity contribution in [2.45, 2.75) is 203 Å². The number of hydrogen-bond donors (Lipinski definition) is 0. The maximum absolute atomic E-state index is 12.9. The molecule has 37 heavy (non-hydrogen) atoms. The minimum Gasteiger partial charge on any atom is -0.462 e. The average Bonchev–Trinajstić information content (AvgIpc) is 2.89. The summed E-state index contributed by atoms with van der Waals surface area (Å²) in [6.45, 7) is 17.1. The monoisotopic (exact) mass is 590 g/mol. The van der Waals surface area contributed by atoms with Gasteiger partial charge in [-0.25, -0.2) is 0 Å². The van der Waals surface area contributed by atoms with Crippen LogP contribution in [0.5, 0.6) is 0 Å². The molecule has 0 unspecified atom stereocenters. The van der Waals surface area contributed by atoms with Gasteiger partial charge in [0.1, 0.15) is 6.10 Å². The predicted octanol–water partition coefficient (Wildman–Crippen LogP) is 13.0. The number of carbonyl (C=O) groups excluding carboxylic acids is 1. The van der Waals surface area contributed by atoms with Gasteiger partial charge in [-0.05, 0) is 52.4 Å². The van der Waals surface area contributed by atoms with Crippen molar-refractivity contribution in [2.24, 2.45) is 5.41 Å². The number of esters is 1. The second-order valence-corrected chi connectivity index (χ2v) is 12.0. The number of alkyl halides is 1. The Morgan fingerprint density at radius 2 is 0.973 bits per heavy atom. The Morgan fingerprint density at radius 1 is 0.595 bits per heavy atom. The van der Waals surface area contributed by atoms with Crippen molar-refractivity contribution >= 4 is 21.9 Å². The second kappa shape index (κ2) is 34.0. The van der Waals surface area contributed by atoms with Crippen molar-refractivity contribution < 1.29 is 9.53 Å². The van der Waals surface area contributed by atoms with E-state index in [1.54, 1.807) is 0 Å². The van der Waals surface area contributed by atoms with Gasteiger partial charge >= 0.3 is 5.97 Å². The van der Waals surface area contributed by atoms with E-state index < -0.39 is 0 Å². The highest BCUT2D eigenvalue weighted by Gasteiger charge is 2.30. The van der Waals surface area contributed by atoms with Crippen LogP contribution in [0.1, 0.15) is 197 Å². The molecule has 0 aliphatic heterocycles. The molecule has 0 fully saturated rings. The Morgan fingerprint density at radius 3 is 1.38 bits per heavy atom. The SMILES string of the molecule is CC.CCCCC.CCCCCCCCC(CCCCCCCC)OC(=O)C(C)(C)CCCCCCBr. The largest absolute Gasteiger partial charge is 0.462 e. The third-order valence-electron chi connectivity index (χ3n) is 6.98. The first kappa shape index (κ1) is 41.4. The van der Waals surface area contributed by atoms with Crippen molar-refractivity contribution in [3.05, 3.63) is 0 Å². The van der Waals surface area contributed by atoms with Crippen LogP contribution in [-0.4, -0.2) is 17.4 Å². The number of carbonyl (C=O) groups is 1. The van der Waals surface area contributed by atoms with Gasteiger partial charge in [0, 0.05) is 5.33 Å². The van der Waals surface area contributed by atoms with Crippen LogP contribution in [0.2, 0.25) is 0 Å². The molecule has 2 nitrogen and oxygen atoms in total. The summed E-state index contributed by atoms with van der Waals surface area (Å²) in [5, 5.41) is 1.08. The fraction of sp³-hybridized carbons (Fsp3) is 0.971.